The summed E-state index contributed by atoms with van der Waals surface area (Å²) >= 11 is 0. The van der Waals surface area contributed by atoms with Gasteiger partial charge in [0.1, 0.15) is 16.9 Å². The fraction of sp³-hybridized carbons (Fsp3) is 0.114. The van der Waals surface area contributed by atoms with E-state index in [1.807, 2.05) is 142 Å². The highest BCUT2D eigenvalue weighted by molar-refractivity contribution is 5.96. The molecule has 454 valence electrons. The molecule has 0 fully saturated rings. The zero-order chi connectivity index (χ0) is 63.5. The van der Waals surface area contributed by atoms with Crippen molar-refractivity contribution >= 4 is 50.4 Å². The van der Waals surface area contributed by atoms with Gasteiger partial charge in [-0.05, 0) is 97.4 Å². The monoisotopic (exact) mass is 1220 g/mol. The van der Waals surface area contributed by atoms with Crippen LogP contribution in [-0.2, 0) is 60.3 Å². The fourth-order valence-corrected chi connectivity index (χ4v) is 10.8. The van der Waals surface area contributed by atoms with Crippen LogP contribution >= 0.6 is 0 Å². The molecule has 15 aromatic heterocycles. The molecule has 0 aliphatic rings. The number of fused-ring (bicyclic) bond motifs is 3. The van der Waals surface area contributed by atoms with E-state index in [1.54, 1.807) is 112 Å². The number of nitrogens with zero attached hydrogens (tertiary/aromatic N) is 19. The number of pyridine rings is 7. The van der Waals surface area contributed by atoms with Gasteiger partial charge in [0, 0.05) is 185 Å². The Morgan fingerprint density at radius 3 is 1.19 bits per heavy atom. The lowest BCUT2D eigenvalue weighted by Gasteiger charge is -2.07. The van der Waals surface area contributed by atoms with Crippen LogP contribution in [0.2, 0.25) is 0 Å². The summed E-state index contributed by atoms with van der Waals surface area (Å²) in [5, 5.41) is 7.21. The van der Waals surface area contributed by atoms with Crippen LogP contribution < -0.4 is 0 Å². The number of aromatic nitrogens is 20. The lowest BCUT2D eigenvalue weighted by atomic mass is 10.1. The number of hydrogen-bond donors (Lipinski definition) is 1. The molecule has 93 heavy (non-hydrogen) atoms. The quantitative estimate of drug-likeness (QED) is 0.0835. The molecule has 0 saturated carbocycles. The average molecular weight is 1230 g/mol. The van der Waals surface area contributed by atoms with E-state index < -0.39 is 0 Å². The summed E-state index contributed by atoms with van der Waals surface area (Å²) in [6.45, 7) is 2.67. The van der Waals surface area contributed by atoms with Gasteiger partial charge in [-0.3, -0.25) is 68.9 Å². The van der Waals surface area contributed by atoms with E-state index in [2.05, 4.69) is 85.9 Å². The number of ketones is 3. The molecule has 15 rings (SSSR count). The highest BCUT2D eigenvalue weighted by atomic mass is 16.1. The fourth-order valence-electron chi connectivity index (χ4n) is 10.8. The van der Waals surface area contributed by atoms with Crippen LogP contribution in [0.5, 0.6) is 0 Å². The van der Waals surface area contributed by atoms with Crippen LogP contribution in [0, 0.1) is 6.92 Å². The Hall–Kier alpha value is -12.7. The molecule has 0 bridgehead atoms. The third-order valence-corrected chi connectivity index (χ3v) is 15.3. The molecule has 1 N–H and O–H groups in total. The van der Waals surface area contributed by atoms with E-state index in [0.717, 1.165) is 123 Å². The highest BCUT2D eigenvalue weighted by Gasteiger charge is 2.18. The Balaban J connectivity index is 0.000000127. The van der Waals surface area contributed by atoms with Crippen molar-refractivity contribution in [1.29, 1.82) is 0 Å². The van der Waals surface area contributed by atoms with E-state index in [1.165, 1.54) is 0 Å². The first-order valence-electron chi connectivity index (χ1n) is 29.5. The molecular weight excluding hydrogens is 1170 g/mol. The summed E-state index contributed by atoms with van der Waals surface area (Å²) in [6.07, 6.45) is 38.8. The van der Waals surface area contributed by atoms with E-state index in [0.29, 0.717) is 0 Å². The molecule has 15 heterocycles. The summed E-state index contributed by atoms with van der Waals surface area (Å²) in [5.41, 5.74) is 16.4. The number of imidazole rings is 1. The number of Topliss-reactive ketones (excluding diaryl/α,β-unsaturated/α-hetero) is 3. The number of aromatic amines is 1. The van der Waals surface area contributed by atoms with Gasteiger partial charge in [-0.1, -0.05) is 6.07 Å². The van der Waals surface area contributed by atoms with Gasteiger partial charge in [0.2, 0.25) is 0 Å². The number of carbonyl (C=O) groups is 3. The largest absolute Gasteiger partial charge is 0.345 e. The first-order chi connectivity index (χ1) is 45.6. The maximum absolute atomic E-state index is 12.7. The van der Waals surface area contributed by atoms with Gasteiger partial charge in [-0.2, -0.15) is 5.10 Å². The van der Waals surface area contributed by atoms with Crippen molar-refractivity contribution in [3.63, 3.8) is 0 Å². The number of carbonyl (C=O) groups excluding carboxylic acids is 3. The van der Waals surface area contributed by atoms with Crippen LogP contribution in [0.1, 0.15) is 22.8 Å². The molecule has 0 amide bonds. The molecule has 23 heteroatoms. The highest BCUT2D eigenvalue weighted by Crippen LogP contribution is 2.31. The summed E-state index contributed by atoms with van der Waals surface area (Å²) in [7, 11) is 1.91. The zero-order valence-corrected chi connectivity index (χ0v) is 50.3. The molecule has 15 aromatic rings. The zero-order valence-electron chi connectivity index (χ0n) is 50.3. The van der Waals surface area contributed by atoms with E-state index in [9.17, 15) is 14.4 Å². The molecule has 0 aromatic carbocycles. The summed E-state index contributed by atoms with van der Waals surface area (Å²) in [5.74, 6) is 0.178. The van der Waals surface area contributed by atoms with Crippen molar-refractivity contribution in [2.75, 3.05) is 0 Å². The standard InChI is InChI=1S/C25H20N6O.C23H19N7O.C22H17N7O/c1-17-2-3-18(13-29-17)22-6-8-28-25-23(22)7-11-31(25)16-21(32)12-20-5-4-19(14-30-20)24-15-26-9-10-27-24;1-29-22(5-8-28-29)19-4-7-26-23-20(19)6-11-30(23)15-18(31)12-17-3-2-16(13-27-17)21-14-24-9-10-25-21;30-17(9-16-2-1-15(10-27-16)20-11-23-6-7-25-20)13-29-8-4-19-18(3-5-26-22(19)29)21-12-24-14-28-21/h2-11,13-15H,12,16H2,1H3;2-11,13-14H,12,15H2,1H3;1-8,10-12,14H,9,13H2,(H,24,28). The Kier molecular flexibility index (Phi) is 17.5. The van der Waals surface area contributed by atoms with Crippen molar-refractivity contribution in [2.45, 2.75) is 45.8 Å². The van der Waals surface area contributed by atoms with E-state index in [4.69, 9.17) is 0 Å². The first kappa shape index (κ1) is 59.3. The molecule has 0 saturated heterocycles. The Labute approximate surface area is 531 Å². The lowest BCUT2D eigenvalue weighted by molar-refractivity contribution is -0.119. The molecule has 0 aliphatic heterocycles. The predicted octanol–water partition coefficient (Wildman–Crippen LogP) is 10.3. The minimum absolute atomic E-state index is 0.0565. The van der Waals surface area contributed by atoms with Gasteiger partial charge in [-0.15, -0.1) is 0 Å². The number of hydrogen-bond acceptors (Lipinski definition) is 18. The van der Waals surface area contributed by atoms with Crippen molar-refractivity contribution in [3.05, 3.63) is 250 Å². The third kappa shape index (κ3) is 13.8. The van der Waals surface area contributed by atoms with Gasteiger partial charge in [0.25, 0.3) is 0 Å². The summed E-state index contributed by atoms with van der Waals surface area (Å²) in [6, 6.07) is 29.1. The number of rotatable bonds is 18. The van der Waals surface area contributed by atoms with Crippen LogP contribution in [-0.4, -0.2) is 116 Å². The van der Waals surface area contributed by atoms with Crippen molar-refractivity contribution in [1.82, 2.24) is 98.2 Å². The lowest BCUT2D eigenvalue weighted by Crippen LogP contribution is -2.13. The molecule has 0 radical (unpaired) electrons. The van der Waals surface area contributed by atoms with Gasteiger partial charge in [0.15, 0.2) is 17.3 Å². The average Bonchev–Trinajstić information content (AvgIpc) is 1.78. The second-order valence-corrected chi connectivity index (χ2v) is 21.6. The third-order valence-electron chi connectivity index (χ3n) is 15.3. The Bertz CT molecular complexity index is 5040. The second-order valence-electron chi connectivity index (χ2n) is 21.6. The molecule has 0 spiro atoms. The van der Waals surface area contributed by atoms with Gasteiger partial charge >= 0.3 is 0 Å². The summed E-state index contributed by atoms with van der Waals surface area (Å²) in [4.78, 5) is 101. The van der Waals surface area contributed by atoms with E-state index >= 15 is 0 Å². The Morgan fingerprint density at radius 2 is 0.806 bits per heavy atom. The molecule has 23 nitrogen and oxygen atoms in total. The van der Waals surface area contributed by atoms with Gasteiger partial charge < -0.3 is 18.7 Å². The van der Waals surface area contributed by atoms with Crippen LogP contribution in [0.25, 0.3) is 101 Å². The molecule has 0 aliphatic carbocycles. The molecule has 0 unspecified atom stereocenters. The van der Waals surface area contributed by atoms with Crippen molar-refractivity contribution in [3.8, 4) is 67.4 Å². The first-order valence-corrected chi connectivity index (χ1v) is 29.5. The maximum Gasteiger partial charge on any atom is 0.158 e. The number of nitrogens with one attached hydrogen (secondary N) is 1. The Morgan fingerprint density at radius 1 is 0.376 bits per heavy atom. The molecule has 0 atom stereocenters. The SMILES string of the molecule is Cc1ccc(-c2ccnc3c2ccn3CC(=O)Cc2ccc(-c3cnccn3)cn2)cn1.Cn1nccc1-c1ccnc2c1ccn2CC(=O)Cc1ccc(-c2cnccn2)cn1.O=C(Cc1ccc(-c2cnccn2)cn1)Cn1ccc2c(-c3cnc[nH]3)ccnc21. The van der Waals surface area contributed by atoms with Crippen LogP contribution in [0.3, 0.4) is 0 Å². The van der Waals surface area contributed by atoms with Gasteiger partial charge in [0.05, 0.1) is 98.5 Å². The topological polar surface area (TPSA) is 280 Å². The predicted molar refractivity (Wildman–Crippen MR) is 349 cm³/mol. The smallest absolute Gasteiger partial charge is 0.158 e. The second kappa shape index (κ2) is 27.4. The maximum atomic E-state index is 12.7. The van der Waals surface area contributed by atoms with Crippen LogP contribution in [0.15, 0.2) is 227 Å². The summed E-state index contributed by atoms with van der Waals surface area (Å²) < 4.78 is 7.46. The number of aryl methyl sites for hydroxylation is 2. The van der Waals surface area contributed by atoms with E-state index in [-0.39, 0.29) is 56.2 Å². The van der Waals surface area contributed by atoms with Gasteiger partial charge in [-0.25, -0.2) is 19.9 Å². The number of H-pyrrole nitrogens is 1. The molecular formula is C70H56N20O3. The minimum atomic E-state index is 0.0565. The normalized spacial score (nSPS) is 11.1. The van der Waals surface area contributed by atoms with Crippen molar-refractivity contribution in [2.24, 2.45) is 7.05 Å². The van der Waals surface area contributed by atoms with Crippen molar-refractivity contribution < 1.29 is 14.4 Å². The van der Waals surface area contributed by atoms with Crippen LogP contribution in [0.4, 0.5) is 0 Å². The minimum Gasteiger partial charge on any atom is -0.345 e.